The summed E-state index contributed by atoms with van der Waals surface area (Å²) in [5.41, 5.74) is 2.52. The summed E-state index contributed by atoms with van der Waals surface area (Å²) in [7, 11) is -1.96. The van der Waals surface area contributed by atoms with Gasteiger partial charge in [0.2, 0.25) is 5.88 Å². The van der Waals surface area contributed by atoms with Gasteiger partial charge in [-0.3, -0.25) is 22.7 Å². The highest BCUT2D eigenvalue weighted by atomic mass is 32.3. The zero-order valence-corrected chi connectivity index (χ0v) is 18.2. The highest BCUT2D eigenvalue weighted by Crippen LogP contribution is 2.63. The lowest BCUT2D eigenvalue weighted by Gasteiger charge is -2.42. The Morgan fingerprint density at radius 3 is 2.67 bits per heavy atom. The second-order valence-electron chi connectivity index (χ2n) is 7.88. The number of anilines is 2. The molecule has 2 aliphatic rings. The van der Waals surface area contributed by atoms with Crippen molar-refractivity contribution in [3.05, 3.63) is 60.6 Å². The lowest BCUT2D eigenvalue weighted by atomic mass is 9.99. The molecule has 11 heteroatoms. The van der Waals surface area contributed by atoms with Crippen LogP contribution in [0.5, 0.6) is 11.6 Å². The number of fused-ring (bicyclic) bond motifs is 1. The summed E-state index contributed by atoms with van der Waals surface area (Å²) in [6, 6.07) is 12.2. The van der Waals surface area contributed by atoms with Gasteiger partial charge in [-0.1, -0.05) is 6.07 Å². The van der Waals surface area contributed by atoms with Crippen molar-refractivity contribution < 1.29 is 22.6 Å². The number of rotatable bonds is 5. The lowest BCUT2D eigenvalue weighted by molar-refractivity contribution is 0.101. The molecular formula is C22H19F2N5O3S. The van der Waals surface area contributed by atoms with Gasteiger partial charge in [0.15, 0.2) is 0 Å². The standard InChI is InChI=1S/C22H19F2N5O3S/c1-28-20-8-14(3-5-19(20)29(33(28,30)31)13-16-10-22(16,23)24)18-9-17(4-2-15(18)11-25)32-21-12-26-6-7-27-21/h2-9,12,16,30-31H,10,13H2,1H3. The molecule has 8 nitrogen and oxygen atoms in total. The van der Waals surface area contributed by atoms with E-state index in [2.05, 4.69) is 16.0 Å². The summed E-state index contributed by atoms with van der Waals surface area (Å²) in [5.74, 6) is -2.95. The molecule has 2 aromatic carbocycles. The van der Waals surface area contributed by atoms with E-state index in [0.29, 0.717) is 39.7 Å². The van der Waals surface area contributed by atoms with Gasteiger partial charge < -0.3 is 4.74 Å². The number of hydrogen-bond donors (Lipinski definition) is 2. The molecule has 33 heavy (non-hydrogen) atoms. The van der Waals surface area contributed by atoms with Crippen molar-refractivity contribution in [2.75, 3.05) is 22.2 Å². The molecule has 5 rings (SSSR count). The Kier molecular flexibility index (Phi) is 4.89. The lowest BCUT2D eigenvalue weighted by Crippen LogP contribution is -2.33. The molecule has 0 bridgehead atoms. The Morgan fingerprint density at radius 1 is 1.21 bits per heavy atom. The average Bonchev–Trinajstić information content (AvgIpc) is 3.37. The molecule has 2 heterocycles. The van der Waals surface area contributed by atoms with Gasteiger partial charge in [0, 0.05) is 43.9 Å². The number of hydrogen-bond acceptors (Lipinski definition) is 8. The first-order chi connectivity index (χ1) is 15.7. The highest BCUT2D eigenvalue weighted by molar-refractivity contribution is 8.26. The van der Waals surface area contributed by atoms with Gasteiger partial charge in [0.05, 0.1) is 29.2 Å². The van der Waals surface area contributed by atoms with Gasteiger partial charge in [-0.05, 0) is 46.9 Å². The van der Waals surface area contributed by atoms with E-state index >= 15 is 0 Å². The zero-order valence-electron chi connectivity index (χ0n) is 17.4. The van der Waals surface area contributed by atoms with Crippen LogP contribution in [0, 0.1) is 17.2 Å². The van der Waals surface area contributed by atoms with Crippen molar-refractivity contribution in [1.82, 2.24) is 9.97 Å². The van der Waals surface area contributed by atoms with E-state index < -0.39 is 22.8 Å². The smallest absolute Gasteiger partial charge is 0.253 e. The second-order valence-corrected chi connectivity index (χ2v) is 9.85. The third kappa shape index (κ3) is 3.72. The van der Waals surface area contributed by atoms with E-state index in [9.17, 15) is 23.1 Å². The van der Waals surface area contributed by atoms with Crippen LogP contribution in [-0.2, 0) is 0 Å². The molecule has 0 amide bonds. The molecule has 0 saturated heterocycles. The Bertz CT molecular complexity index is 1270. The van der Waals surface area contributed by atoms with E-state index in [1.54, 1.807) is 36.4 Å². The Balaban J connectivity index is 1.51. The van der Waals surface area contributed by atoms with Crippen LogP contribution in [0.25, 0.3) is 11.1 Å². The predicted molar refractivity (Wildman–Crippen MR) is 120 cm³/mol. The molecule has 1 unspecified atom stereocenters. The maximum absolute atomic E-state index is 13.5. The Hall–Kier alpha value is -3.46. The first kappa shape index (κ1) is 21.4. The quantitative estimate of drug-likeness (QED) is 0.516. The van der Waals surface area contributed by atoms with Crippen molar-refractivity contribution in [1.29, 1.82) is 5.26 Å². The van der Waals surface area contributed by atoms with Gasteiger partial charge >= 0.3 is 0 Å². The maximum Gasteiger partial charge on any atom is 0.253 e. The molecule has 2 N–H and O–H groups in total. The molecule has 1 aliphatic heterocycles. The number of alkyl halides is 2. The molecule has 1 atom stereocenters. The summed E-state index contributed by atoms with van der Waals surface area (Å²) >= 11 is 0. The van der Waals surface area contributed by atoms with Crippen molar-refractivity contribution in [3.8, 4) is 28.8 Å². The highest BCUT2D eigenvalue weighted by Gasteiger charge is 2.59. The third-order valence-corrected chi connectivity index (χ3v) is 7.64. The van der Waals surface area contributed by atoms with Crippen LogP contribution in [0.4, 0.5) is 20.2 Å². The summed E-state index contributed by atoms with van der Waals surface area (Å²) < 4.78 is 56.7. The first-order valence-electron chi connectivity index (χ1n) is 10.0. The van der Waals surface area contributed by atoms with E-state index in [1.165, 1.54) is 34.2 Å². The maximum atomic E-state index is 13.5. The summed E-state index contributed by atoms with van der Waals surface area (Å²) in [6.07, 6.45) is 4.22. The normalized spacial score (nSPS) is 20.7. The summed E-state index contributed by atoms with van der Waals surface area (Å²) in [5, 5.41) is 9.61. The largest absolute Gasteiger partial charge is 0.437 e. The minimum Gasteiger partial charge on any atom is -0.437 e. The molecule has 1 aromatic heterocycles. The summed E-state index contributed by atoms with van der Waals surface area (Å²) in [6.45, 7) is -0.156. The molecular weight excluding hydrogens is 452 g/mol. The second kappa shape index (κ2) is 7.55. The predicted octanol–water partition coefficient (Wildman–Crippen LogP) is 5.30. The topological polar surface area (TPSA) is 106 Å². The average molecular weight is 471 g/mol. The van der Waals surface area contributed by atoms with Crippen LogP contribution in [-0.4, -0.2) is 38.6 Å². The minimum atomic E-state index is -3.47. The zero-order chi connectivity index (χ0) is 23.4. The minimum absolute atomic E-state index is 0.156. The fourth-order valence-corrected chi connectivity index (χ4v) is 5.32. The van der Waals surface area contributed by atoms with Crippen molar-refractivity contribution in [2.45, 2.75) is 12.3 Å². The fourth-order valence-electron chi connectivity index (χ4n) is 3.81. The summed E-state index contributed by atoms with van der Waals surface area (Å²) in [4.78, 5) is 8.03. The van der Waals surface area contributed by atoms with Crippen LogP contribution < -0.4 is 13.3 Å². The fraction of sp³-hybridized carbons (Fsp3) is 0.227. The molecule has 170 valence electrons. The Labute approximate surface area is 190 Å². The van der Waals surface area contributed by atoms with Crippen LogP contribution in [0.1, 0.15) is 12.0 Å². The van der Waals surface area contributed by atoms with E-state index in [-0.39, 0.29) is 13.0 Å². The SMILES string of the molecule is CN1c2cc(-c3cc(Oc4cnccn4)ccc3C#N)ccc2N(CC2CC2(F)F)S1(O)O. The molecule has 0 spiro atoms. The Morgan fingerprint density at radius 2 is 2.00 bits per heavy atom. The molecule has 1 saturated carbocycles. The number of halogens is 2. The van der Waals surface area contributed by atoms with E-state index in [0.717, 1.165) is 0 Å². The van der Waals surface area contributed by atoms with Crippen molar-refractivity contribution >= 4 is 22.3 Å². The van der Waals surface area contributed by atoms with Gasteiger partial charge in [-0.25, -0.2) is 13.8 Å². The monoisotopic (exact) mass is 471 g/mol. The van der Waals surface area contributed by atoms with Crippen molar-refractivity contribution in [2.24, 2.45) is 5.92 Å². The number of benzene rings is 2. The van der Waals surface area contributed by atoms with Gasteiger partial charge in [0.25, 0.3) is 5.92 Å². The van der Waals surface area contributed by atoms with Crippen LogP contribution in [0.3, 0.4) is 0 Å². The number of nitriles is 1. The molecule has 0 radical (unpaired) electrons. The number of nitrogens with zero attached hydrogens (tertiary/aromatic N) is 5. The van der Waals surface area contributed by atoms with E-state index in [4.69, 9.17) is 4.74 Å². The van der Waals surface area contributed by atoms with Crippen LogP contribution >= 0.6 is 11.0 Å². The van der Waals surface area contributed by atoms with Gasteiger partial charge in [-0.15, -0.1) is 0 Å². The van der Waals surface area contributed by atoms with Crippen molar-refractivity contribution in [3.63, 3.8) is 0 Å². The number of aromatic nitrogens is 2. The molecule has 3 aromatic rings. The van der Waals surface area contributed by atoms with Gasteiger partial charge in [-0.2, -0.15) is 5.26 Å². The number of ether oxygens (including phenoxy) is 1. The van der Waals surface area contributed by atoms with Crippen LogP contribution in [0.15, 0.2) is 55.0 Å². The van der Waals surface area contributed by atoms with Crippen LogP contribution in [0.2, 0.25) is 0 Å². The molecule has 1 aliphatic carbocycles. The first-order valence-corrected chi connectivity index (χ1v) is 11.5. The third-order valence-electron chi connectivity index (χ3n) is 5.77. The molecule has 1 fully saturated rings. The van der Waals surface area contributed by atoms with E-state index in [1.807, 2.05) is 0 Å². The van der Waals surface area contributed by atoms with Gasteiger partial charge in [0.1, 0.15) is 5.75 Å².